The van der Waals surface area contributed by atoms with Gasteiger partial charge in [0.05, 0.1) is 0 Å². The van der Waals surface area contributed by atoms with Crippen LogP contribution >= 0.6 is 23.2 Å². The molecular formula is C4H8Cl2O. The summed E-state index contributed by atoms with van der Waals surface area (Å²) < 4.78 is 0. The van der Waals surface area contributed by atoms with Crippen molar-refractivity contribution in [1.29, 1.82) is 0 Å². The van der Waals surface area contributed by atoms with Crippen LogP contribution in [-0.2, 0) is 0 Å². The summed E-state index contributed by atoms with van der Waals surface area (Å²) in [6.07, 6.45) is 0. The predicted octanol–water partition coefficient (Wildman–Crippen LogP) is 1.91. The van der Waals surface area contributed by atoms with Crippen molar-refractivity contribution in [2.75, 3.05) is 0 Å². The molecule has 0 unspecified atom stereocenters. The predicted molar refractivity (Wildman–Crippen MR) is 35.7 cm³/mol. The summed E-state index contributed by atoms with van der Waals surface area (Å²) in [4.78, 5) is 0. The van der Waals surface area contributed by atoms with Crippen molar-refractivity contribution >= 4 is 23.2 Å². The Labute approximate surface area is 53.5 Å². The van der Waals surface area contributed by atoms with E-state index >= 15 is 0 Å². The second-order valence-electron chi connectivity index (χ2n) is 0.309. The van der Waals surface area contributed by atoms with Crippen molar-refractivity contribution in [3.05, 3.63) is 24.2 Å². The second kappa shape index (κ2) is 37.2. The molecule has 0 radical (unpaired) electrons. The van der Waals surface area contributed by atoms with Gasteiger partial charge in [0.2, 0.25) is 0 Å². The van der Waals surface area contributed by atoms with Gasteiger partial charge in [-0.3, -0.25) is 0 Å². The number of halogens is 2. The Hall–Kier alpha value is 0.0200. The van der Waals surface area contributed by atoms with Crippen molar-refractivity contribution in [2.45, 2.75) is 0 Å². The maximum Gasteiger partial charge on any atom is -0.00296 e. The van der Waals surface area contributed by atoms with E-state index in [-0.39, 0.29) is 5.48 Å². The Balaban J connectivity index is -0.0000000400. The van der Waals surface area contributed by atoms with E-state index in [0.717, 1.165) is 0 Å². The van der Waals surface area contributed by atoms with E-state index < -0.39 is 0 Å². The van der Waals surface area contributed by atoms with Crippen LogP contribution in [0.1, 0.15) is 0 Å². The van der Waals surface area contributed by atoms with Gasteiger partial charge < -0.3 is 5.48 Å². The van der Waals surface area contributed by atoms with Gasteiger partial charge >= 0.3 is 0 Å². The van der Waals surface area contributed by atoms with Gasteiger partial charge in [0.15, 0.2) is 0 Å². The fourth-order valence-electron chi connectivity index (χ4n) is 0. The van der Waals surface area contributed by atoms with Gasteiger partial charge in [0, 0.05) is 0 Å². The lowest BCUT2D eigenvalue weighted by Crippen LogP contribution is -0.926. The molecule has 0 saturated carbocycles. The average molecular weight is 143 g/mol. The van der Waals surface area contributed by atoms with Crippen LogP contribution < -0.4 is 0 Å². The molecule has 0 aromatic carbocycles. The third-order valence-corrected chi connectivity index (χ3v) is 0. The van der Waals surface area contributed by atoms with E-state index in [0.29, 0.717) is 0 Å². The topological polar surface area (TPSA) is 31.5 Å². The smallest absolute Gasteiger partial charge is 0.00296 e. The SMILES string of the molecule is C=CCl.C=CCl.O. The van der Waals surface area contributed by atoms with Gasteiger partial charge in [0.25, 0.3) is 0 Å². The van der Waals surface area contributed by atoms with Crippen LogP contribution in [0.25, 0.3) is 0 Å². The molecule has 44 valence electrons. The second-order valence-corrected chi connectivity index (χ2v) is 0.926. The first-order valence-corrected chi connectivity index (χ1v) is 2.13. The lowest BCUT2D eigenvalue weighted by molar-refractivity contribution is 0.824. The summed E-state index contributed by atoms with van der Waals surface area (Å²) in [5, 5.41) is 0. The van der Waals surface area contributed by atoms with Gasteiger partial charge in [-0.1, -0.05) is 36.4 Å². The van der Waals surface area contributed by atoms with Crippen LogP contribution in [0.3, 0.4) is 0 Å². The summed E-state index contributed by atoms with van der Waals surface area (Å²) in [6, 6.07) is 0. The van der Waals surface area contributed by atoms with Crippen LogP contribution in [-0.4, -0.2) is 5.48 Å². The summed E-state index contributed by atoms with van der Waals surface area (Å²) >= 11 is 9.52. The minimum atomic E-state index is 0. The highest BCUT2D eigenvalue weighted by atomic mass is 35.5. The Morgan fingerprint density at radius 3 is 1.00 bits per heavy atom. The first-order chi connectivity index (χ1) is 2.83. The van der Waals surface area contributed by atoms with Gasteiger partial charge in [-0.25, -0.2) is 0 Å². The maximum absolute atomic E-state index is 4.76. The van der Waals surface area contributed by atoms with E-state index in [4.69, 9.17) is 23.2 Å². The van der Waals surface area contributed by atoms with Crippen LogP contribution in [0.4, 0.5) is 0 Å². The zero-order valence-electron chi connectivity index (χ0n) is 3.82. The zero-order chi connectivity index (χ0) is 5.41. The van der Waals surface area contributed by atoms with Crippen LogP contribution in [0.5, 0.6) is 0 Å². The standard InChI is InChI=1S/2C2H3Cl.H2O/c2*1-2-3;/h2*2H,1H2;1H2. The minimum absolute atomic E-state index is 0. The molecular weight excluding hydrogens is 135 g/mol. The molecule has 0 rings (SSSR count). The molecule has 0 heterocycles. The van der Waals surface area contributed by atoms with Gasteiger partial charge in [-0.05, 0) is 11.1 Å². The van der Waals surface area contributed by atoms with E-state index in [1.54, 1.807) is 0 Å². The van der Waals surface area contributed by atoms with Crippen molar-refractivity contribution in [3.63, 3.8) is 0 Å². The van der Waals surface area contributed by atoms with Crippen molar-refractivity contribution in [3.8, 4) is 0 Å². The van der Waals surface area contributed by atoms with Crippen LogP contribution in [0.2, 0.25) is 0 Å². The Morgan fingerprint density at radius 2 is 1.00 bits per heavy atom. The molecule has 0 bridgehead atoms. The number of hydrogen-bond donors (Lipinski definition) is 0. The van der Waals surface area contributed by atoms with E-state index in [1.165, 1.54) is 11.1 Å². The summed E-state index contributed by atoms with van der Waals surface area (Å²) in [7, 11) is 0. The highest BCUT2D eigenvalue weighted by Crippen LogP contribution is 1.60. The van der Waals surface area contributed by atoms with Crippen molar-refractivity contribution < 1.29 is 5.48 Å². The lowest BCUT2D eigenvalue weighted by Gasteiger charge is -1.27. The van der Waals surface area contributed by atoms with E-state index in [1.807, 2.05) is 0 Å². The number of rotatable bonds is 0. The quantitative estimate of drug-likeness (QED) is 0.496. The van der Waals surface area contributed by atoms with Crippen molar-refractivity contribution in [1.82, 2.24) is 0 Å². The molecule has 0 amide bonds. The molecule has 0 fully saturated rings. The number of hydrogen-bond acceptors (Lipinski definition) is 0. The molecule has 0 aliphatic heterocycles. The average Bonchev–Trinajstić information content (AvgIpc) is 1.39. The van der Waals surface area contributed by atoms with E-state index in [2.05, 4.69) is 13.2 Å². The maximum atomic E-state index is 4.76. The molecule has 0 aromatic heterocycles. The van der Waals surface area contributed by atoms with Gasteiger partial charge in [-0.15, -0.1) is 0 Å². The molecule has 3 heteroatoms. The van der Waals surface area contributed by atoms with Gasteiger partial charge in [0.1, 0.15) is 0 Å². The molecule has 0 atom stereocenters. The fourth-order valence-corrected chi connectivity index (χ4v) is 0. The molecule has 0 aliphatic rings. The molecule has 2 N–H and O–H groups in total. The highest BCUT2D eigenvalue weighted by molar-refractivity contribution is 6.25. The third kappa shape index (κ3) is 243000. The molecule has 0 aliphatic carbocycles. The summed E-state index contributed by atoms with van der Waals surface area (Å²) in [5.74, 6) is 0. The fraction of sp³-hybridized carbons (Fsp3) is 0. The molecule has 7 heavy (non-hydrogen) atoms. The van der Waals surface area contributed by atoms with Crippen LogP contribution in [0.15, 0.2) is 24.2 Å². The Kier molecular flexibility index (Phi) is 83.6. The third-order valence-electron chi connectivity index (χ3n) is 0. The normalized spacial score (nSPS) is 3.71. The van der Waals surface area contributed by atoms with Crippen LogP contribution in [0, 0.1) is 0 Å². The lowest BCUT2D eigenvalue weighted by atomic mass is 11.3. The monoisotopic (exact) mass is 142 g/mol. The molecule has 0 saturated heterocycles. The van der Waals surface area contributed by atoms with E-state index in [9.17, 15) is 0 Å². The largest absolute Gasteiger partial charge is 0.412 e. The molecule has 1 nitrogen and oxygen atoms in total. The van der Waals surface area contributed by atoms with Crippen molar-refractivity contribution in [2.24, 2.45) is 0 Å². The molecule has 0 spiro atoms. The summed E-state index contributed by atoms with van der Waals surface area (Å²) in [6.45, 7) is 6.25. The molecule has 0 aromatic rings. The zero-order valence-corrected chi connectivity index (χ0v) is 5.34. The minimum Gasteiger partial charge on any atom is -0.412 e. The first kappa shape index (κ1) is 15.7. The Morgan fingerprint density at radius 1 is 1.00 bits per heavy atom. The first-order valence-electron chi connectivity index (χ1n) is 1.25. The van der Waals surface area contributed by atoms with Gasteiger partial charge in [-0.2, -0.15) is 0 Å². The highest BCUT2D eigenvalue weighted by Gasteiger charge is 1.18. The Bertz CT molecular complexity index is 30.7. The summed E-state index contributed by atoms with van der Waals surface area (Å²) in [5.41, 5.74) is 2.44.